The number of likely N-dealkylation sites (N-methyl/N-ethyl adjacent to an activating group) is 1. The Bertz CT molecular complexity index is 744. The molecule has 2 amide bonds. The fourth-order valence-electron chi connectivity index (χ4n) is 6.33. The fraction of sp³-hybridized carbons (Fsp3) is 0.652. The van der Waals surface area contributed by atoms with E-state index in [0.717, 1.165) is 42.6 Å². The van der Waals surface area contributed by atoms with E-state index >= 15 is 0 Å². The van der Waals surface area contributed by atoms with Crippen LogP contribution in [0.4, 0.5) is 0 Å². The van der Waals surface area contributed by atoms with Crippen molar-refractivity contribution in [1.82, 2.24) is 15.5 Å². The van der Waals surface area contributed by atoms with Gasteiger partial charge in [0.15, 0.2) is 0 Å². The molecule has 4 fully saturated rings. The maximum absolute atomic E-state index is 13.0. The molecule has 5 nitrogen and oxygen atoms in total. The van der Waals surface area contributed by atoms with Crippen molar-refractivity contribution < 1.29 is 9.59 Å². The molecule has 0 saturated heterocycles. The van der Waals surface area contributed by atoms with Gasteiger partial charge >= 0.3 is 0 Å². The highest BCUT2D eigenvalue weighted by molar-refractivity contribution is 6.31. The van der Waals surface area contributed by atoms with Crippen LogP contribution in [0.2, 0.25) is 5.02 Å². The van der Waals surface area contributed by atoms with Crippen LogP contribution in [0.3, 0.4) is 0 Å². The van der Waals surface area contributed by atoms with E-state index in [-0.39, 0.29) is 29.8 Å². The van der Waals surface area contributed by atoms with Gasteiger partial charge in [-0.15, -0.1) is 0 Å². The normalized spacial score (nSPS) is 31.0. The van der Waals surface area contributed by atoms with Crippen molar-refractivity contribution in [3.63, 3.8) is 0 Å². The molecule has 0 spiro atoms. The Morgan fingerprint density at radius 3 is 2.21 bits per heavy atom. The largest absolute Gasteiger partial charge is 0.353 e. The molecule has 4 aliphatic carbocycles. The van der Waals surface area contributed by atoms with Crippen molar-refractivity contribution in [2.75, 3.05) is 27.2 Å². The summed E-state index contributed by atoms with van der Waals surface area (Å²) < 4.78 is 0. The first kappa shape index (κ1) is 20.7. The molecule has 6 heteroatoms. The highest BCUT2D eigenvalue weighted by Crippen LogP contribution is 2.60. The lowest BCUT2D eigenvalue weighted by atomic mass is 9.49. The summed E-state index contributed by atoms with van der Waals surface area (Å²) in [6.07, 6.45) is 6.97. The molecular weight excluding hydrogens is 386 g/mol. The van der Waals surface area contributed by atoms with Gasteiger partial charge in [0.25, 0.3) is 0 Å². The van der Waals surface area contributed by atoms with Gasteiger partial charge in [0.2, 0.25) is 11.8 Å². The van der Waals surface area contributed by atoms with Crippen LogP contribution >= 0.6 is 11.6 Å². The van der Waals surface area contributed by atoms with Gasteiger partial charge in [-0.3, -0.25) is 9.59 Å². The molecule has 5 rings (SSSR count). The Hall–Kier alpha value is -1.59. The second-order valence-corrected chi connectivity index (χ2v) is 10.1. The van der Waals surface area contributed by atoms with Crippen molar-refractivity contribution in [2.24, 2.45) is 23.2 Å². The molecule has 1 unspecified atom stereocenters. The summed E-state index contributed by atoms with van der Waals surface area (Å²) in [6.45, 7) is 0.492. The first-order valence-corrected chi connectivity index (χ1v) is 11.2. The topological polar surface area (TPSA) is 61.4 Å². The van der Waals surface area contributed by atoms with Crippen LogP contribution in [-0.4, -0.2) is 43.9 Å². The van der Waals surface area contributed by atoms with Crippen molar-refractivity contribution in [3.8, 4) is 0 Å². The molecule has 1 aromatic carbocycles. The summed E-state index contributed by atoms with van der Waals surface area (Å²) >= 11 is 6.33. The van der Waals surface area contributed by atoms with Gasteiger partial charge in [0, 0.05) is 17.0 Å². The first-order valence-electron chi connectivity index (χ1n) is 10.8. The Morgan fingerprint density at radius 1 is 1.07 bits per heavy atom. The maximum Gasteiger partial charge on any atom is 0.239 e. The Balaban J connectivity index is 1.30. The molecular formula is C23H32ClN3O2. The van der Waals surface area contributed by atoms with Crippen LogP contribution in [-0.2, 0) is 9.59 Å². The third kappa shape index (κ3) is 4.31. The molecule has 0 aromatic heterocycles. The van der Waals surface area contributed by atoms with E-state index in [1.807, 2.05) is 43.3 Å². The smallest absolute Gasteiger partial charge is 0.239 e. The zero-order valence-electron chi connectivity index (χ0n) is 17.4. The van der Waals surface area contributed by atoms with Crippen molar-refractivity contribution in [2.45, 2.75) is 44.6 Å². The second-order valence-electron chi connectivity index (χ2n) is 9.69. The zero-order valence-corrected chi connectivity index (χ0v) is 18.2. The molecule has 2 N–H and O–H groups in total. The first-order chi connectivity index (χ1) is 13.9. The summed E-state index contributed by atoms with van der Waals surface area (Å²) in [6, 6.07) is 7.67. The lowest BCUT2D eigenvalue weighted by molar-refractivity contribution is -0.147. The summed E-state index contributed by atoms with van der Waals surface area (Å²) in [7, 11) is 3.93. The van der Waals surface area contributed by atoms with Crippen LogP contribution in [0.5, 0.6) is 0 Å². The van der Waals surface area contributed by atoms with Gasteiger partial charge in [-0.1, -0.05) is 29.8 Å². The lowest BCUT2D eigenvalue weighted by Crippen LogP contribution is -2.54. The van der Waals surface area contributed by atoms with Gasteiger partial charge in [-0.2, -0.15) is 0 Å². The summed E-state index contributed by atoms with van der Waals surface area (Å²) in [5.41, 5.74) is 0.774. The predicted octanol–water partition coefficient (Wildman–Crippen LogP) is 3.39. The molecule has 29 heavy (non-hydrogen) atoms. The van der Waals surface area contributed by atoms with E-state index in [1.54, 1.807) is 0 Å². The van der Waals surface area contributed by atoms with Gasteiger partial charge in [-0.25, -0.2) is 0 Å². The Kier molecular flexibility index (Phi) is 5.90. The van der Waals surface area contributed by atoms with Crippen molar-refractivity contribution in [3.05, 3.63) is 34.9 Å². The molecule has 4 aliphatic rings. The fourth-order valence-corrected chi connectivity index (χ4v) is 6.59. The molecule has 0 aliphatic heterocycles. The average Bonchev–Trinajstić information content (AvgIpc) is 2.66. The number of hydrogen-bond donors (Lipinski definition) is 2. The van der Waals surface area contributed by atoms with Crippen LogP contribution < -0.4 is 10.6 Å². The number of benzene rings is 1. The Morgan fingerprint density at radius 2 is 1.66 bits per heavy atom. The van der Waals surface area contributed by atoms with E-state index in [2.05, 4.69) is 10.6 Å². The number of amides is 2. The lowest BCUT2D eigenvalue weighted by Gasteiger charge is -2.55. The number of nitrogens with one attached hydrogen (secondary N) is 2. The summed E-state index contributed by atoms with van der Waals surface area (Å²) in [5, 5.41) is 6.61. The number of hydrogen-bond acceptors (Lipinski definition) is 3. The highest BCUT2D eigenvalue weighted by Gasteiger charge is 2.54. The summed E-state index contributed by atoms with van der Waals surface area (Å²) in [4.78, 5) is 27.5. The van der Waals surface area contributed by atoms with Crippen LogP contribution in [0, 0.1) is 23.2 Å². The number of carbonyl (C=O) groups excluding carboxylic acids is 2. The average molecular weight is 418 g/mol. The highest BCUT2D eigenvalue weighted by atomic mass is 35.5. The van der Waals surface area contributed by atoms with Crippen LogP contribution in [0.25, 0.3) is 0 Å². The monoisotopic (exact) mass is 417 g/mol. The van der Waals surface area contributed by atoms with Gasteiger partial charge < -0.3 is 15.5 Å². The van der Waals surface area contributed by atoms with E-state index in [0.29, 0.717) is 11.6 Å². The molecule has 0 radical (unpaired) electrons. The minimum absolute atomic E-state index is 0.0218. The van der Waals surface area contributed by atoms with Crippen LogP contribution in [0.1, 0.15) is 50.1 Å². The van der Waals surface area contributed by atoms with E-state index in [9.17, 15) is 9.59 Å². The Labute approximate surface area is 178 Å². The number of halogens is 1. The van der Waals surface area contributed by atoms with Crippen LogP contribution in [0.15, 0.2) is 24.3 Å². The molecule has 1 atom stereocenters. The molecule has 0 heterocycles. The third-order valence-electron chi connectivity index (χ3n) is 7.31. The number of carbonyl (C=O) groups is 2. The number of rotatable bonds is 7. The molecule has 4 saturated carbocycles. The number of nitrogens with zero attached hydrogens (tertiary/aromatic N) is 1. The second kappa shape index (κ2) is 8.27. The maximum atomic E-state index is 13.0. The van der Waals surface area contributed by atoms with Gasteiger partial charge in [0.05, 0.1) is 12.6 Å². The van der Waals surface area contributed by atoms with Gasteiger partial charge in [-0.05, 0) is 82.0 Å². The third-order valence-corrected chi connectivity index (χ3v) is 7.65. The van der Waals surface area contributed by atoms with Crippen molar-refractivity contribution >= 4 is 23.4 Å². The van der Waals surface area contributed by atoms with E-state index in [1.165, 1.54) is 19.3 Å². The molecule has 158 valence electrons. The SMILES string of the molecule is CN(C)C(CNC(=O)CNC(=O)C12CC3CC(CC(C3)C1)C2)c1ccccc1Cl. The quantitative estimate of drug-likeness (QED) is 0.714. The minimum Gasteiger partial charge on any atom is -0.353 e. The molecule has 4 bridgehead atoms. The zero-order chi connectivity index (χ0) is 20.6. The summed E-state index contributed by atoms with van der Waals surface area (Å²) in [5.74, 6) is 2.11. The van der Waals surface area contributed by atoms with Crippen molar-refractivity contribution in [1.29, 1.82) is 0 Å². The standard InChI is InChI=1S/C23H32ClN3O2/c1-27(2)20(18-5-3-4-6-19(18)24)13-25-21(28)14-26-22(29)23-10-15-7-16(11-23)9-17(8-15)12-23/h3-6,15-17,20H,7-14H2,1-2H3,(H,25,28)(H,26,29). The predicted molar refractivity (Wildman–Crippen MR) is 115 cm³/mol. The molecule has 1 aromatic rings. The van der Waals surface area contributed by atoms with E-state index in [4.69, 9.17) is 11.6 Å². The van der Waals surface area contributed by atoms with E-state index < -0.39 is 0 Å². The minimum atomic E-state index is -0.210. The van der Waals surface area contributed by atoms with Gasteiger partial charge in [0.1, 0.15) is 0 Å².